The lowest BCUT2D eigenvalue weighted by Gasteiger charge is -2.30. The second kappa shape index (κ2) is 8.35. The average molecular weight is 256 g/mol. The molecule has 0 aliphatic carbocycles. The van der Waals surface area contributed by atoms with Crippen LogP contribution < -0.4 is 5.32 Å². The van der Waals surface area contributed by atoms with Crippen molar-refractivity contribution < 1.29 is 9.90 Å². The van der Waals surface area contributed by atoms with Gasteiger partial charge in [0.15, 0.2) is 0 Å². The van der Waals surface area contributed by atoms with Crippen molar-refractivity contribution in [3.8, 4) is 0 Å². The molecule has 0 aromatic heterocycles. The van der Waals surface area contributed by atoms with Gasteiger partial charge in [0, 0.05) is 19.6 Å². The maximum Gasteiger partial charge on any atom is 0.317 e. The number of likely N-dealkylation sites (tertiary alicyclic amines) is 1. The van der Waals surface area contributed by atoms with E-state index in [0.29, 0.717) is 12.5 Å². The van der Waals surface area contributed by atoms with E-state index >= 15 is 0 Å². The molecule has 18 heavy (non-hydrogen) atoms. The van der Waals surface area contributed by atoms with Crippen LogP contribution in [-0.2, 0) is 0 Å². The SMILES string of the molecule is CCCC[C@H](CC)CNC(=O)N1CCC[C@H](O)C1. The Morgan fingerprint density at radius 2 is 2.28 bits per heavy atom. The second-order valence-corrected chi connectivity index (χ2v) is 5.34. The fourth-order valence-electron chi connectivity index (χ4n) is 2.43. The Morgan fingerprint density at radius 3 is 2.89 bits per heavy atom. The van der Waals surface area contributed by atoms with Crippen molar-refractivity contribution in [2.75, 3.05) is 19.6 Å². The van der Waals surface area contributed by atoms with Gasteiger partial charge in [-0.1, -0.05) is 33.1 Å². The number of unbranched alkanes of at least 4 members (excludes halogenated alkanes) is 1. The third kappa shape index (κ3) is 5.25. The number of rotatable bonds is 6. The fourth-order valence-corrected chi connectivity index (χ4v) is 2.43. The lowest BCUT2D eigenvalue weighted by molar-refractivity contribution is 0.0839. The Balaban J connectivity index is 2.26. The Kier molecular flexibility index (Phi) is 7.09. The number of aliphatic hydroxyl groups excluding tert-OH is 1. The molecule has 2 atom stereocenters. The summed E-state index contributed by atoms with van der Waals surface area (Å²) in [5.41, 5.74) is 0. The Bertz CT molecular complexity index is 246. The molecular weight excluding hydrogens is 228 g/mol. The minimum absolute atomic E-state index is 0.0105. The fraction of sp³-hybridized carbons (Fsp3) is 0.929. The Hall–Kier alpha value is -0.770. The molecule has 106 valence electrons. The highest BCUT2D eigenvalue weighted by atomic mass is 16.3. The molecule has 0 saturated carbocycles. The molecule has 4 heteroatoms. The van der Waals surface area contributed by atoms with Crippen molar-refractivity contribution in [2.24, 2.45) is 5.92 Å². The molecule has 0 spiro atoms. The zero-order valence-corrected chi connectivity index (χ0v) is 11.8. The van der Waals surface area contributed by atoms with Gasteiger partial charge in [-0.2, -0.15) is 0 Å². The summed E-state index contributed by atoms with van der Waals surface area (Å²) in [6, 6.07) is -0.0105. The van der Waals surface area contributed by atoms with E-state index in [0.717, 1.165) is 32.4 Å². The van der Waals surface area contributed by atoms with Crippen LogP contribution in [0.2, 0.25) is 0 Å². The van der Waals surface area contributed by atoms with Crippen molar-refractivity contribution in [1.29, 1.82) is 0 Å². The van der Waals surface area contributed by atoms with Crippen LogP contribution in [0, 0.1) is 5.92 Å². The molecule has 2 N–H and O–H groups in total. The maximum absolute atomic E-state index is 11.9. The van der Waals surface area contributed by atoms with Crippen LogP contribution in [0.15, 0.2) is 0 Å². The van der Waals surface area contributed by atoms with E-state index in [1.165, 1.54) is 19.3 Å². The molecule has 1 fully saturated rings. The average Bonchev–Trinajstić information content (AvgIpc) is 2.38. The molecule has 1 saturated heterocycles. The predicted octanol–water partition coefficient (Wildman–Crippen LogP) is 2.37. The van der Waals surface area contributed by atoms with Gasteiger partial charge in [-0.05, 0) is 25.2 Å². The lowest BCUT2D eigenvalue weighted by atomic mass is 9.99. The van der Waals surface area contributed by atoms with E-state index in [1.807, 2.05) is 0 Å². The number of nitrogens with one attached hydrogen (secondary N) is 1. The summed E-state index contributed by atoms with van der Waals surface area (Å²) in [5, 5.41) is 12.6. The van der Waals surface area contributed by atoms with Crippen LogP contribution in [-0.4, -0.2) is 41.8 Å². The summed E-state index contributed by atoms with van der Waals surface area (Å²) in [5.74, 6) is 0.587. The highest BCUT2D eigenvalue weighted by Gasteiger charge is 2.22. The first-order chi connectivity index (χ1) is 8.67. The van der Waals surface area contributed by atoms with Gasteiger partial charge in [0.2, 0.25) is 0 Å². The largest absolute Gasteiger partial charge is 0.391 e. The van der Waals surface area contributed by atoms with Crippen molar-refractivity contribution in [2.45, 2.75) is 58.5 Å². The van der Waals surface area contributed by atoms with Gasteiger partial charge in [-0.25, -0.2) is 4.79 Å². The molecule has 0 aromatic carbocycles. The Labute approximate surface area is 111 Å². The van der Waals surface area contributed by atoms with Crippen molar-refractivity contribution >= 4 is 6.03 Å². The molecule has 0 unspecified atom stereocenters. The summed E-state index contributed by atoms with van der Waals surface area (Å²) in [4.78, 5) is 13.7. The first kappa shape index (κ1) is 15.3. The van der Waals surface area contributed by atoms with Gasteiger partial charge in [0.1, 0.15) is 0 Å². The Morgan fingerprint density at radius 1 is 1.50 bits per heavy atom. The first-order valence-corrected chi connectivity index (χ1v) is 7.38. The van der Waals surface area contributed by atoms with E-state index in [4.69, 9.17) is 0 Å². The first-order valence-electron chi connectivity index (χ1n) is 7.38. The molecule has 0 radical (unpaired) electrons. The molecule has 1 rings (SSSR count). The topological polar surface area (TPSA) is 52.6 Å². The third-order valence-corrected chi connectivity index (χ3v) is 3.77. The van der Waals surface area contributed by atoms with Crippen LogP contribution >= 0.6 is 0 Å². The molecule has 0 aromatic rings. The number of urea groups is 1. The number of hydrogen-bond donors (Lipinski definition) is 2. The van der Waals surface area contributed by atoms with Crippen LogP contribution in [0.4, 0.5) is 4.79 Å². The zero-order valence-electron chi connectivity index (χ0n) is 11.8. The van der Waals surface area contributed by atoms with E-state index < -0.39 is 0 Å². The lowest BCUT2D eigenvalue weighted by Crippen LogP contribution is -2.48. The van der Waals surface area contributed by atoms with E-state index in [2.05, 4.69) is 19.2 Å². The summed E-state index contributed by atoms with van der Waals surface area (Å²) >= 11 is 0. The minimum atomic E-state index is -0.341. The van der Waals surface area contributed by atoms with Crippen molar-refractivity contribution in [1.82, 2.24) is 10.2 Å². The molecule has 1 aliphatic heterocycles. The highest BCUT2D eigenvalue weighted by molar-refractivity contribution is 5.74. The second-order valence-electron chi connectivity index (χ2n) is 5.34. The van der Waals surface area contributed by atoms with Gasteiger partial charge in [-0.3, -0.25) is 0 Å². The normalized spacial score (nSPS) is 21.7. The van der Waals surface area contributed by atoms with Crippen LogP contribution in [0.1, 0.15) is 52.4 Å². The number of aliphatic hydroxyl groups is 1. The molecule has 2 amide bonds. The quantitative estimate of drug-likeness (QED) is 0.766. The van der Waals surface area contributed by atoms with Crippen LogP contribution in [0.3, 0.4) is 0 Å². The van der Waals surface area contributed by atoms with Gasteiger partial charge >= 0.3 is 6.03 Å². The number of β-amino-alcohol motifs (C(OH)–C–C–N with tert-alkyl or cyclic N) is 1. The summed E-state index contributed by atoms with van der Waals surface area (Å²) in [7, 11) is 0. The van der Waals surface area contributed by atoms with Gasteiger partial charge in [-0.15, -0.1) is 0 Å². The van der Waals surface area contributed by atoms with E-state index in [-0.39, 0.29) is 12.1 Å². The van der Waals surface area contributed by atoms with Gasteiger partial charge in [0.05, 0.1) is 6.10 Å². The molecule has 1 aliphatic rings. The monoisotopic (exact) mass is 256 g/mol. The summed E-state index contributed by atoms with van der Waals surface area (Å²) in [6.45, 7) is 6.39. The van der Waals surface area contributed by atoms with E-state index in [1.54, 1.807) is 4.90 Å². The zero-order chi connectivity index (χ0) is 13.4. The van der Waals surface area contributed by atoms with Crippen LogP contribution in [0.25, 0.3) is 0 Å². The standard InChI is InChI=1S/C14H28N2O2/c1-3-5-7-12(4-2)10-15-14(18)16-9-6-8-13(17)11-16/h12-13,17H,3-11H2,1-2H3,(H,15,18)/t12-,13-/m0/s1. The van der Waals surface area contributed by atoms with E-state index in [9.17, 15) is 9.90 Å². The molecular formula is C14H28N2O2. The molecule has 0 bridgehead atoms. The number of nitrogens with zero attached hydrogens (tertiary/aromatic N) is 1. The van der Waals surface area contributed by atoms with Gasteiger partial charge < -0.3 is 15.3 Å². The minimum Gasteiger partial charge on any atom is -0.391 e. The molecule has 1 heterocycles. The molecule has 4 nitrogen and oxygen atoms in total. The number of carbonyl (C=O) groups is 1. The van der Waals surface area contributed by atoms with Gasteiger partial charge in [0.25, 0.3) is 0 Å². The number of hydrogen-bond acceptors (Lipinski definition) is 2. The number of carbonyl (C=O) groups excluding carboxylic acids is 1. The smallest absolute Gasteiger partial charge is 0.317 e. The number of amides is 2. The maximum atomic E-state index is 11.9. The summed E-state index contributed by atoms with van der Waals surface area (Å²) in [6.07, 6.45) is 6.13. The third-order valence-electron chi connectivity index (χ3n) is 3.77. The highest BCUT2D eigenvalue weighted by Crippen LogP contribution is 2.13. The summed E-state index contributed by atoms with van der Waals surface area (Å²) < 4.78 is 0. The van der Waals surface area contributed by atoms with Crippen molar-refractivity contribution in [3.05, 3.63) is 0 Å². The number of piperidine rings is 1. The van der Waals surface area contributed by atoms with Crippen LogP contribution in [0.5, 0.6) is 0 Å². The van der Waals surface area contributed by atoms with Crippen molar-refractivity contribution in [3.63, 3.8) is 0 Å². The predicted molar refractivity (Wildman–Crippen MR) is 73.5 cm³/mol.